The standard InChI is InChI=1S/C29H27F4N7O2/c1-3-25-35-17-36-26(38-25)20-5-4-10-34-28(20)42-19-7-8-22(30)21(16-19)27(41)37-23-15-18(29(31,32)33)6-9-24(23)40-13-11-39(2)12-14-40/h4-10,15-17H,3,11-14H2,1-2H3,(H,37,41). The predicted octanol–water partition coefficient (Wildman–Crippen LogP) is 5.45. The number of aryl methyl sites for hydroxylation is 1. The highest BCUT2D eigenvalue weighted by atomic mass is 19.4. The molecule has 42 heavy (non-hydrogen) atoms. The Kier molecular flexibility index (Phi) is 8.29. The molecule has 0 unspecified atom stereocenters. The normalized spacial score (nSPS) is 14.1. The van der Waals surface area contributed by atoms with Crippen LogP contribution in [0.25, 0.3) is 11.4 Å². The number of hydrogen-bond donors (Lipinski definition) is 1. The van der Waals surface area contributed by atoms with E-state index in [1.54, 1.807) is 12.1 Å². The molecule has 1 N–H and O–H groups in total. The van der Waals surface area contributed by atoms with E-state index < -0.39 is 29.0 Å². The SMILES string of the molecule is CCc1ncnc(-c2cccnc2Oc2ccc(F)c(C(=O)Nc3cc(C(F)(F)F)ccc3N3CCN(C)CC3)c2)n1. The van der Waals surface area contributed by atoms with Crippen molar-refractivity contribution in [3.63, 3.8) is 0 Å². The van der Waals surface area contributed by atoms with Crippen molar-refractivity contribution in [3.05, 3.63) is 83.8 Å². The summed E-state index contributed by atoms with van der Waals surface area (Å²) in [5.41, 5.74) is -0.552. The zero-order valence-corrected chi connectivity index (χ0v) is 22.8. The van der Waals surface area contributed by atoms with Crippen LogP contribution in [0.4, 0.5) is 28.9 Å². The van der Waals surface area contributed by atoms with Gasteiger partial charge in [0.15, 0.2) is 5.82 Å². The molecule has 13 heteroatoms. The molecule has 1 amide bonds. The average Bonchev–Trinajstić information content (AvgIpc) is 2.98. The molecule has 2 aromatic heterocycles. The Labute approximate surface area is 239 Å². The molecular weight excluding hydrogens is 554 g/mol. The Hall–Kier alpha value is -4.65. The second kappa shape index (κ2) is 12.1. The van der Waals surface area contributed by atoms with Gasteiger partial charge in [-0.1, -0.05) is 6.92 Å². The van der Waals surface area contributed by atoms with Crippen LogP contribution in [-0.2, 0) is 12.6 Å². The highest BCUT2D eigenvalue weighted by Gasteiger charge is 2.32. The summed E-state index contributed by atoms with van der Waals surface area (Å²) in [4.78, 5) is 34.2. The van der Waals surface area contributed by atoms with Gasteiger partial charge < -0.3 is 19.9 Å². The van der Waals surface area contributed by atoms with Gasteiger partial charge in [0, 0.05) is 38.8 Å². The maximum absolute atomic E-state index is 14.9. The molecule has 0 atom stereocenters. The number of halogens is 4. The fourth-order valence-electron chi connectivity index (χ4n) is 4.45. The molecule has 0 saturated carbocycles. The van der Waals surface area contributed by atoms with Crippen LogP contribution in [0.2, 0.25) is 0 Å². The molecule has 4 aromatic rings. The van der Waals surface area contributed by atoms with Crippen LogP contribution in [0.15, 0.2) is 61.1 Å². The first kappa shape index (κ1) is 28.9. The van der Waals surface area contributed by atoms with Gasteiger partial charge in [-0.25, -0.2) is 24.3 Å². The van der Waals surface area contributed by atoms with E-state index in [2.05, 4.69) is 30.2 Å². The highest BCUT2D eigenvalue weighted by Crippen LogP contribution is 2.36. The largest absolute Gasteiger partial charge is 0.438 e. The van der Waals surface area contributed by atoms with Gasteiger partial charge in [-0.05, 0) is 55.6 Å². The van der Waals surface area contributed by atoms with Gasteiger partial charge in [-0.3, -0.25) is 4.79 Å². The number of alkyl halides is 3. The number of anilines is 2. The molecular formula is C29H27F4N7O2. The van der Waals surface area contributed by atoms with Crippen molar-refractivity contribution in [1.82, 2.24) is 24.8 Å². The molecule has 5 rings (SSSR count). The third kappa shape index (κ3) is 6.46. The minimum absolute atomic E-state index is 0.0707. The number of piperazine rings is 1. The number of rotatable bonds is 7. The van der Waals surface area contributed by atoms with Crippen molar-refractivity contribution < 1.29 is 27.1 Å². The van der Waals surface area contributed by atoms with Crippen LogP contribution >= 0.6 is 0 Å². The summed E-state index contributed by atoms with van der Waals surface area (Å²) in [5.74, 6) is -0.723. The molecule has 218 valence electrons. The monoisotopic (exact) mass is 581 g/mol. The van der Waals surface area contributed by atoms with E-state index in [-0.39, 0.29) is 17.3 Å². The van der Waals surface area contributed by atoms with E-state index >= 15 is 0 Å². The van der Waals surface area contributed by atoms with Crippen LogP contribution in [-0.4, -0.2) is 64.0 Å². The predicted molar refractivity (Wildman–Crippen MR) is 148 cm³/mol. The van der Waals surface area contributed by atoms with E-state index in [4.69, 9.17) is 4.74 Å². The molecule has 1 fully saturated rings. The Balaban J connectivity index is 1.44. The lowest BCUT2D eigenvalue weighted by molar-refractivity contribution is -0.137. The fourth-order valence-corrected chi connectivity index (χ4v) is 4.45. The number of pyridine rings is 1. The molecule has 0 aliphatic carbocycles. The second-order valence-corrected chi connectivity index (χ2v) is 9.65. The molecule has 1 saturated heterocycles. The molecule has 3 heterocycles. The van der Waals surface area contributed by atoms with Crippen LogP contribution in [0, 0.1) is 5.82 Å². The molecule has 9 nitrogen and oxygen atoms in total. The summed E-state index contributed by atoms with van der Waals surface area (Å²) in [6.45, 7) is 4.40. The van der Waals surface area contributed by atoms with Gasteiger partial charge in [0.25, 0.3) is 5.91 Å². The number of carbonyl (C=O) groups is 1. The molecule has 1 aliphatic heterocycles. The zero-order chi connectivity index (χ0) is 29.9. The van der Waals surface area contributed by atoms with Gasteiger partial charge in [0.05, 0.1) is 28.1 Å². The van der Waals surface area contributed by atoms with Gasteiger partial charge in [0.2, 0.25) is 5.88 Å². The van der Waals surface area contributed by atoms with Gasteiger partial charge in [0.1, 0.15) is 23.7 Å². The van der Waals surface area contributed by atoms with Crippen molar-refractivity contribution in [2.75, 3.05) is 43.4 Å². The van der Waals surface area contributed by atoms with Crippen molar-refractivity contribution in [2.24, 2.45) is 0 Å². The van der Waals surface area contributed by atoms with Crippen molar-refractivity contribution in [2.45, 2.75) is 19.5 Å². The lowest BCUT2D eigenvalue weighted by Gasteiger charge is -2.35. The minimum Gasteiger partial charge on any atom is -0.438 e. The third-order valence-electron chi connectivity index (χ3n) is 6.76. The zero-order valence-electron chi connectivity index (χ0n) is 22.8. The highest BCUT2D eigenvalue weighted by molar-refractivity contribution is 6.06. The van der Waals surface area contributed by atoms with Crippen molar-refractivity contribution in [1.29, 1.82) is 0 Å². The van der Waals surface area contributed by atoms with E-state index in [1.165, 1.54) is 24.7 Å². The van der Waals surface area contributed by atoms with Gasteiger partial charge >= 0.3 is 6.18 Å². The Morgan fingerprint density at radius 1 is 1.02 bits per heavy atom. The summed E-state index contributed by atoms with van der Waals surface area (Å²) >= 11 is 0. The number of carbonyl (C=O) groups excluding carboxylic acids is 1. The van der Waals surface area contributed by atoms with Crippen molar-refractivity contribution >= 4 is 17.3 Å². The Bertz CT molecular complexity index is 1590. The summed E-state index contributed by atoms with van der Waals surface area (Å²) in [6.07, 6.45) is -1.17. The lowest BCUT2D eigenvalue weighted by Crippen LogP contribution is -2.44. The number of amides is 1. The third-order valence-corrected chi connectivity index (χ3v) is 6.76. The van der Waals surface area contributed by atoms with E-state index in [0.717, 1.165) is 24.3 Å². The molecule has 0 radical (unpaired) electrons. The smallest absolute Gasteiger partial charge is 0.416 e. The number of aromatic nitrogens is 4. The summed E-state index contributed by atoms with van der Waals surface area (Å²) in [7, 11) is 1.95. The minimum atomic E-state index is -4.63. The molecule has 0 spiro atoms. The molecule has 0 bridgehead atoms. The first-order valence-corrected chi connectivity index (χ1v) is 13.2. The summed E-state index contributed by atoms with van der Waals surface area (Å²) in [6, 6.07) is 10.1. The second-order valence-electron chi connectivity index (χ2n) is 9.65. The number of nitrogens with one attached hydrogen (secondary N) is 1. The maximum Gasteiger partial charge on any atom is 0.416 e. The number of nitrogens with zero attached hydrogens (tertiary/aromatic N) is 6. The first-order chi connectivity index (χ1) is 20.1. The van der Waals surface area contributed by atoms with Crippen LogP contribution in [0.1, 0.15) is 28.7 Å². The van der Waals surface area contributed by atoms with Crippen LogP contribution in [0.3, 0.4) is 0 Å². The molecule has 2 aromatic carbocycles. The van der Waals surface area contributed by atoms with Crippen LogP contribution < -0.4 is 15.0 Å². The maximum atomic E-state index is 14.9. The number of likely N-dealkylation sites (N-methyl/N-ethyl adjacent to an activating group) is 1. The summed E-state index contributed by atoms with van der Waals surface area (Å²) < 4.78 is 61.4. The van der Waals surface area contributed by atoms with Gasteiger partial charge in [-0.2, -0.15) is 13.2 Å². The Morgan fingerprint density at radius 3 is 2.55 bits per heavy atom. The molecule has 1 aliphatic rings. The number of ether oxygens (including phenoxy) is 1. The first-order valence-electron chi connectivity index (χ1n) is 13.2. The quantitative estimate of drug-likeness (QED) is 0.288. The topological polar surface area (TPSA) is 96.4 Å². The number of hydrogen-bond acceptors (Lipinski definition) is 8. The Morgan fingerprint density at radius 2 is 1.81 bits per heavy atom. The van der Waals surface area contributed by atoms with E-state index in [9.17, 15) is 22.4 Å². The number of benzene rings is 2. The van der Waals surface area contributed by atoms with E-state index in [1.807, 2.05) is 18.9 Å². The lowest BCUT2D eigenvalue weighted by atomic mass is 10.1. The van der Waals surface area contributed by atoms with Gasteiger partial charge in [-0.15, -0.1) is 0 Å². The van der Waals surface area contributed by atoms with E-state index in [0.29, 0.717) is 55.5 Å². The van der Waals surface area contributed by atoms with Crippen molar-refractivity contribution in [3.8, 4) is 23.0 Å². The fraction of sp³-hybridized carbons (Fsp3) is 0.276. The average molecular weight is 582 g/mol. The van der Waals surface area contributed by atoms with Crippen LogP contribution in [0.5, 0.6) is 11.6 Å². The summed E-state index contributed by atoms with van der Waals surface area (Å²) in [5, 5.41) is 2.50.